The average Bonchev–Trinajstić information content (AvgIpc) is 3.26. The lowest BCUT2D eigenvalue weighted by Crippen LogP contribution is -2.56. The summed E-state index contributed by atoms with van der Waals surface area (Å²) in [7, 11) is 0. The molecule has 9 atom stereocenters. The number of nitrogens with two attached hydrogens (primary N) is 1. The van der Waals surface area contributed by atoms with Crippen molar-refractivity contribution in [3.8, 4) is 0 Å². The van der Waals surface area contributed by atoms with Crippen molar-refractivity contribution in [1.29, 1.82) is 0 Å². The maximum atomic E-state index is 11.7. The van der Waals surface area contributed by atoms with E-state index in [9.17, 15) is 5.11 Å². The highest BCUT2D eigenvalue weighted by Gasteiger charge is 2.84. The maximum Gasteiger partial charge on any atom is 0.225 e. The predicted molar refractivity (Wildman–Crippen MR) is 120 cm³/mol. The Labute approximate surface area is 188 Å². The summed E-state index contributed by atoms with van der Waals surface area (Å²) in [6, 6.07) is 1.84. The van der Waals surface area contributed by atoms with E-state index < -0.39 is 5.60 Å². The molecule has 7 rings (SSSR count). The number of aromatic nitrogens is 2. The molecule has 6 fully saturated rings. The second-order valence-electron chi connectivity index (χ2n) is 10.0. The SMILES string of the molecule is I.NC(=NCC1(O)C2C3CC4C5C3CC2C5C41)N1CCN(c2ncccn2)CC1. The number of guanidine groups is 1. The van der Waals surface area contributed by atoms with E-state index in [-0.39, 0.29) is 24.0 Å². The molecule has 9 unspecified atom stereocenters. The van der Waals surface area contributed by atoms with Crippen LogP contribution in [0.3, 0.4) is 0 Å². The Morgan fingerprint density at radius 3 is 2.48 bits per heavy atom. The summed E-state index contributed by atoms with van der Waals surface area (Å²) >= 11 is 0. The van der Waals surface area contributed by atoms with E-state index in [4.69, 9.17) is 10.7 Å². The molecule has 0 amide bonds. The normalized spacial score (nSPS) is 48.2. The van der Waals surface area contributed by atoms with Gasteiger partial charge in [-0.25, -0.2) is 9.97 Å². The fourth-order valence-corrected chi connectivity index (χ4v) is 8.83. The molecule has 8 heteroatoms. The molecule has 6 aliphatic rings. The van der Waals surface area contributed by atoms with Gasteiger partial charge < -0.3 is 20.6 Å². The van der Waals surface area contributed by atoms with Crippen molar-refractivity contribution in [3.63, 3.8) is 0 Å². The first kappa shape index (κ1) is 18.6. The summed E-state index contributed by atoms with van der Waals surface area (Å²) in [5.74, 6) is 7.47. The molecule has 1 aromatic rings. The van der Waals surface area contributed by atoms with Crippen LogP contribution in [-0.2, 0) is 0 Å². The first-order valence-corrected chi connectivity index (χ1v) is 11.0. The van der Waals surface area contributed by atoms with E-state index in [1.165, 1.54) is 12.8 Å². The van der Waals surface area contributed by atoms with Crippen molar-refractivity contribution in [3.05, 3.63) is 18.5 Å². The van der Waals surface area contributed by atoms with Crippen LogP contribution < -0.4 is 10.6 Å². The Morgan fingerprint density at radius 2 is 1.72 bits per heavy atom. The predicted octanol–water partition coefficient (Wildman–Crippen LogP) is 1.04. The highest BCUT2D eigenvalue weighted by molar-refractivity contribution is 14.0. The van der Waals surface area contributed by atoms with E-state index in [0.29, 0.717) is 24.3 Å². The lowest BCUT2D eigenvalue weighted by atomic mass is 9.56. The number of hydrogen-bond donors (Lipinski definition) is 2. The molecule has 2 bridgehead atoms. The molecular weight excluding hydrogens is 479 g/mol. The van der Waals surface area contributed by atoms with E-state index >= 15 is 0 Å². The van der Waals surface area contributed by atoms with Crippen LogP contribution in [0.15, 0.2) is 23.5 Å². The molecule has 7 nitrogen and oxygen atoms in total. The molecule has 1 aromatic heterocycles. The van der Waals surface area contributed by atoms with Crippen LogP contribution in [0.2, 0.25) is 0 Å². The smallest absolute Gasteiger partial charge is 0.225 e. The Morgan fingerprint density at radius 1 is 1.03 bits per heavy atom. The third-order valence-corrected chi connectivity index (χ3v) is 9.45. The number of rotatable bonds is 3. The maximum absolute atomic E-state index is 11.7. The third-order valence-electron chi connectivity index (χ3n) is 9.45. The second-order valence-corrected chi connectivity index (χ2v) is 10.0. The quantitative estimate of drug-likeness (QED) is 0.361. The average molecular weight is 508 g/mol. The van der Waals surface area contributed by atoms with Crippen LogP contribution >= 0.6 is 24.0 Å². The Kier molecular flexibility index (Phi) is 3.96. The Balaban J connectivity index is 0.00000165. The lowest BCUT2D eigenvalue weighted by Gasteiger charge is -2.51. The van der Waals surface area contributed by atoms with Gasteiger partial charge in [0.25, 0.3) is 0 Å². The highest BCUT2D eigenvalue weighted by Crippen LogP contribution is 2.85. The van der Waals surface area contributed by atoms with Gasteiger partial charge in [-0.15, -0.1) is 24.0 Å². The minimum absolute atomic E-state index is 0. The molecule has 0 spiro atoms. The van der Waals surface area contributed by atoms with Gasteiger partial charge in [-0.2, -0.15) is 0 Å². The topological polar surface area (TPSA) is 90.9 Å². The summed E-state index contributed by atoms with van der Waals surface area (Å²) in [5.41, 5.74) is 5.80. The van der Waals surface area contributed by atoms with Crippen molar-refractivity contribution in [2.24, 2.45) is 58.1 Å². The molecule has 3 N–H and O–H groups in total. The van der Waals surface area contributed by atoms with Crippen molar-refractivity contribution < 1.29 is 5.11 Å². The lowest BCUT2D eigenvalue weighted by molar-refractivity contribution is -0.123. The van der Waals surface area contributed by atoms with Gasteiger partial charge in [0.05, 0.1) is 12.1 Å². The molecule has 2 heterocycles. The fourth-order valence-electron chi connectivity index (χ4n) is 8.83. The van der Waals surface area contributed by atoms with E-state index in [2.05, 4.69) is 19.8 Å². The van der Waals surface area contributed by atoms with Crippen LogP contribution in [0.25, 0.3) is 0 Å². The molecule has 1 saturated heterocycles. The monoisotopic (exact) mass is 508 g/mol. The van der Waals surface area contributed by atoms with Crippen molar-refractivity contribution in [2.45, 2.75) is 18.4 Å². The summed E-state index contributed by atoms with van der Waals surface area (Å²) in [4.78, 5) is 17.8. The summed E-state index contributed by atoms with van der Waals surface area (Å²) in [5, 5.41) is 11.7. The van der Waals surface area contributed by atoms with Gasteiger partial charge in [-0.05, 0) is 66.3 Å². The van der Waals surface area contributed by atoms with Crippen molar-refractivity contribution in [1.82, 2.24) is 14.9 Å². The number of halogens is 1. The molecule has 29 heavy (non-hydrogen) atoms. The molecule has 1 aliphatic heterocycles. The zero-order valence-corrected chi connectivity index (χ0v) is 18.8. The van der Waals surface area contributed by atoms with Crippen molar-refractivity contribution in [2.75, 3.05) is 37.6 Å². The molecular formula is C21H29IN6O. The molecule has 5 saturated carbocycles. The van der Waals surface area contributed by atoms with E-state index in [1.807, 2.05) is 6.07 Å². The van der Waals surface area contributed by atoms with Gasteiger partial charge in [0.2, 0.25) is 5.95 Å². The number of hydrogen-bond acceptors (Lipinski definition) is 5. The summed E-state index contributed by atoms with van der Waals surface area (Å²) < 4.78 is 0. The van der Waals surface area contributed by atoms with Crippen LogP contribution in [0, 0.1) is 47.3 Å². The number of piperazine rings is 1. The van der Waals surface area contributed by atoms with E-state index in [0.717, 1.165) is 67.6 Å². The largest absolute Gasteiger partial charge is 0.387 e. The van der Waals surface area contributed by atoms with Gasteiger partial charge in [0.1, 0.15) is 0 Å². The van der Waals surface area contributed by atoms with Crippen LogP contribution in [0.1, 0.15) is 12.8 Å². The number of aliphatic imine (C=N–C) groups is 1. The minimum Gasteiger partial charge on any atom is -0.387 e. The van der Waals surface area contributed by atoms with Crippen LogP contribution in [0.4, 0.5) is 5.95 Å². The summed E-state index contributed by atoms with van der Waals surface area (Å²) in [6.07, 6.45) is 6.34. The Hall–Kier alpha value is -1.16. The number of nitrogens with zero attached hydrogens (tertiary/aromatic N) is 5. The second kappa shape index (κ2) is 6.18. The van der Waals surface area contributed by atoms with E-state index in [1.54, 1.807) is 12.4 Å². The first-order valence-electron chi connectivity index (χ1n) is 11.0. The van der Waals surface area contributed by atoms with Gasteiger partial charge in [-0.3, -0.25) is 4.99 Å². The summed E-state index contributed by atoms with van der Waals surface area (Å²) in [6.45, 7) is 3.83. The standard InChI is InChI=1S/C21H28N6O.HI/c22-19(26-4-6-27(7-5-26)20-23-2-1-3-24-20)25-10-21(28)17-12-9-13-15-11(12)8-14(17)16(15)18(13)21;/h1-3,11-18,28H,4-10H2,(H2,22,25);1H. The van der Waals surface area contributed by atoms with Gasteiger partial charge >= 0.3 is 0 Å². The third kappa shape index (κ3) is 2.20. The van der Waals surface area contributed by atoms with Gasteiger partial charge in [0, 0.05) is 38.6 Å². The molecule has 156 valence electrons. The Bertz CT molecular complexity index is 839. The molecule has 5 aliphatic carbocycles. The highest BCUT2D eigenvalue weighted by atomic mass is 127. The molecule has 0 radical (unpaired) electrons. The van der Waals surface area contributed by atoms with Crippen LogP contribution in [0.5, 0.6) is 0 Å². The van der Waals surface area contributed by atoms with Crippen LogP contribution in [-0.4, -0.2) is 64.3 Å². The molecule has 0 aromatic carbocycles. The van der Waals surface area contributed by atoms with Gasteiger partial charge in [0.15, 0.2) is 5.96 Å². The number of aliphatic hydroxyl groups is 1. The first-order chi connectivity index (χ1) is 13.7. The zero-order chi connectivity index (χ0) is 18.6. The van der Waals surface area contributed by atoms with Gasteiger partial charge in [-0.1, -0.05) is 0 Å². The number of anilines is 1. The zero-order valence-electron chi connectivity index (χ0n) is 16.5. The fraction of sp³-hybridized carbons (Fsp3) is 0.762. The number of fused-ring (bicyclic) bond motifs is 2. The van der Waals surface area contributed by atoms with Crippen molar-refractivity contribution >= 4 is 35.9 Å². The minimum atomic E-state index is -0.574.